The molecule has 0 aliphatic heterocycles. The van der Waals surface area contributed by atoms with Crippen LogP contribution in [-0.4, -0.2) is 105 Å². The van der Waals surface area contributed by atoms with Gasteiger partial charge in [-0.05, 0) is 152 Å². The van der Waals surface area contributed by atoms with E-state index in [1.54, 1.807) is 0 Å². The second kappa shape index (κ2) is 92.6. The molecule has 0 saturated heterocycles. The molecule has 0 bridgehead atoms. The Balaban J connectivity index is -0.00000202. The lowest BCUT2D eigenvalue weighted by atomic mass is 9.89. The van der Waals surface area contributed by atoms with Crippen LogP contribution in [0.25, 0.3) is 0 Å². The normalized spacial score (nSPS) is 13.1. The van der Waals surface area contributed by atoms with Gasteiger partial charge < -0.3 is 38.9 Å². The van der Waals surface area contributed by atoms with Crippen LogP contribution in [-0.2, 0) is 42.9 Å². The molecule has 109 heavy (non-hydrogen) atoms. The molecule has 0 spiro atoms. The zero-order valence-electron chi connectivity index (χ0n) is 74.6. The molecule has 0 aromatic carbocycles. The number of esters is 4. The number of carbonyl (C=O) groups is 5. The first-order valence-electron chi connectivity index (χ1n) is 48.2. The lowest BCUT2D eigenvalue weighted by Gasteiger charge is -2.28. The Morgan fingerprint density at radius 1 is 0.239 bits per heavy atom. The minimum atomic E-state index is 0.00620. The number of aliphatic hydroxyl groups excluding tert-OH is 2. The van der Waals surface area contributed by atoms with E-state index in [2.05, 4.69) is 67.3 Å². The summed E-state index contributed by atoms with van der Waals surface area (Å²) in [6.45, 7) is 24.2. The first kappa shape index (κ1) is 111. The Kier molecular flexibility index (Phi) is 93.9. The molecule has 0 rings (SSSR count). The van der Waals surface area contributed by atoms with Crippen LogP contribution in [0.5, 0.6) is 0 Å². The highest BCUT2D eigenvalue weighted by Crippen LogP contribution is 2.28. The van der Waals surface area contributed by atoms with Gasteiger partial charge in [-0.2, -0.15) is 0 Å². The molecule has 0 aliphatic rings. The number of ether oxygens (including phenoxy) is 4. The maximum atomic E-state index is 12.4. The van der Waals surface area contributed by atoms with Gasteiger partial charge in [0.1, 0.15) is 6.79 Å². The molecular weight excluding hydrogens is 1360 g/mol. The predicted molar refractivity (Wildman–Crippen MR) is 468 cm³/mol. The van der Waals surface area contributed by atoms with E-state index in [9.17, 15) is 29.4 Å². The van der Waals surface area contributed by atoms with E-state index < -0.39 is 0 Å². The lowest BCUT2D eigenvalue weighted by molar-refractivity contribution is -0.146. The van der Waals surface area contributed by atoms with Gasteiger partial charge >= 0.3 is 23.9 Å². The van der Waals surface area contributed by atoms with Gasteiger partial charge in [0.2, 0.25) is 0 Å². The van der Waals surface area contributed by atoms with Crippen LogP contribution in [0.3, 0.4) is 0 Å². The molecule has 4 unspecified atom stereocenters. The topological polar surface area (TPSA) is 166 Å². The third-order valence-corrected chi connectivity index (χ3v) is 23.3. The third-order valence-electron chi connectivity index (χ3n) is 23.3. The van der Waals surface area contributed by atoms with Crippen molar-refractivity contribution >= 4 is 30.7 Å². The molecule has 2 N–H and O–H groups in total. The Morgan fingerprint density at radius 2 is 0.422 bits per heavy atom. The van der Waals surface area contributed by atoms with Crippen molar-refractivity contribution in [3.05, 3.63) is 0 Å². The van der Waals surface area contributed by atoms with Crippen molar-refractivity contribution in [1.82, 2.24) is 4.90 Å². The van der Waals surface area contributed by atoms with E-state index >= 15 is 0 Å². The van der Waals surface area contributed by atoms with Crippen LogP contribution in [0.4, 0.5) is 0 Å². The summed E-state index contributed by atoms with van der Waals surface area (Å²) in [5, 5.41) is 18.5. The molecule has 12 heteroatoms. The van der Waals surface area contributed by atoms with Crippen molar-refractivity contribution < 1.29 is 53.1 Å². The maximum absolute atomic E-state index is 12.4. The van der Waals surface area contributed by atoms with Gasteiger partial charge in [0, 0.05) is 44.9 Å². The SMILES string of the molecule is C=O.CCCCCCC(CCCC)COC(=O)CCCCCCCCC(CCCCCCCCC(=O)OCC(CCCC)CCCCCC)N(C)CCCCO.CCCCCCC(CCCC)COC(=O)CCCCCCCCC(CCCCCO)CCCCCCCCC(=O)OCC(CCCC)CCCCCC. The van der Waals surface area contributed by atoms with Crippen molar-refractivity contribution in [3.8, 4) is 0 Å². The molecule has 0 radical (unpaired) electrons. The summed E-state index contributed by atoms with van der Waals surface area (Å²) in [7, 11) is 2.27. The molecule has 0 saturated carbocycles. The quantitative estimate of drug-likeness (QED) is 0.0337. The number of hydrogen-bond donors (Lipinski definition) is 2. The van der Waals surface area contributed by atoms with Crippen molar-refractivity contribution in [2.24, 2.45) is 29.6 Å². The number of aliphatic hydroxyl groups is 2. The van der Waals surface area contributed by atoms with Gasteiger partial charge in [0.15, 0.2) is 0 Å². The Hall–Kier alpha value is -2.57. The number of unbranched alkanes of at least 4 members (excludes halogenated alkanes) is 39. The smallest absolute Gasteiger partial charge is 0.305 e. The molecular formula is C97H191NO11. The van der Waals surface area contributed by atoms with Crippen LogP contribution < -0.4 is 0 Å². The minimum Gasteiger partial charge on any atom is -0.465 e. The van der Waals surface area contributed by atoms with Crippen LogP contribution in [0.15, 0.2) is 0 Å². The zero-order valence-corrected chi connectivity index (χ0v) is 74.6. The highest BCUT2D eigenvalue weighted by molar-refractivity contribution is 5.70. The number of nitrogens with zero attached hydrogens (tertiary/aromatic N) is 1. The van der Waals surface area contributed by atoms with Gasteiger partial charge in [0.25, 0.3) is 0 Å². The van der Waals surface area contributed by atoms with Crippen molar-refractivity contribution in [3.63, 3.8) is 0 Å². The first-order chi connectivity index (χ1) is 53.4. The third kappa shape index (κ3) is 83.2. The van der Waals surface area contributed by atoms with E-state index in [1.165, 1.54) is 347 Å². The summed E-state index contributed by atoms with van der Waals surface area (Å²) in [5.74, 6) is 3.03. The summed E-state index contributed by atoms with van der Waals surface area (Å²) >= 11 is 0. The fourth-order valence-corrected chi connectivity index (χ4v) is 15.7. The van der Waals surface area contributed by atoms with Crippen LogP contribution in [0.2, 0.25) is 0 Å². The second-order valence-corrected chi connectivity index (χ2v) is 33.8. The minimum absolute atomic E-state index is 0.00620. The van der Waals surface area contributed by atoms with Crippen LogP contribution in [0.1, 0.15) is 505 Å². The van der Waals surface area contributed by atoms with Gasteiger partial charge in [0.05, 0.1) is 26.4 Å². The number of hydrogen-bond acceptors (Lipinski definition) is 12. The number of rotatable bonds is 86. The predicted octanol–water partition coefficient (Wildman–Crippen LogP) is 28.8. The number of carbonyl (C=O) groups excluding carboxylic acids is 5. The van der Waals surface area contributed by atoms with E-state index in [4.69, 9.17) is 23.7 Å². The van der Waals surface area contributed by atoms with Crippen molar-refractivity contribution in [2.45, 2.75) is 511 Å². The van der Waals surface area contributed by atoms with Crippen LogP contribution >= 0.6 is 0 Å². The van der Waals surface area contributed by atoms with Crippen molar-refractivity contribution in [1.29, 1.82) is 0 Å². The summed E-state index contributed by atoms with van der Waals surface area (Å²) in [4.78, 5) is 60.1. The van der Waals surface area contributed by atoms with E-state index in [1.807, 2.05) is 6.79 Å². The average molecular weight is 1550 g/mol. The van der Waals surface area contributed by atoms with E-state index in [0.29, 0.717) is 88.4 Å². The molecule has 0 amide bonds. The molecule has 0 aromatic rings. The fraction of sp³-hybridized carbons (Fsp3) is 0.948. The first-order valence-corrected chi connectivity index (χ1v) is 48.2. The summed E-state index contributed by atoms with van der Waals surface area (Å²) in [6, 6.07) is 0.619. The zero-order chi connectivity index (χ0) is 80.6. The monoisotopic (exact) mass is 1550 g/mol. The van der Waals surface area contributed by atoms with Crippen molar-refractivity contribution in [2.75, 3.05) is 53.2 Å². The molecule has 0 fully saturated rings. The Morgan fingerprint density at radius 3 is 0.661 bits per heavy atom. The van der Waals surface area contributed by atoms with E-state index in [0.717, 1.165) is 89.5 Å². The highest BCUT2D eigenvalue weighted by atomic mass is 16.5. The average Bonchev–Trinajstić information content (AvgIpc) is 0.978. The second-order valence-electron chi connectivity index (χ2n) is 33.8. The Labute approximate surface area is 678 Å². The molecule has 4 atom stereocenters. The molecule has 0 aliphatic carbocycles. The maximum Gasteiger partial charge on any atom is 0.305 e. The molecule has 12 nitrogen and oxygen atoms in total. The van der Waals surface area contributed by atoms with Gasteiger partial charge in [-0.25, -0.2) is 0 Å². The highest BCUT2D eigenvalue weighted by Gasteiger charge is 2.19. The lowest BCUT2D eigenvalue weighted by Crippen LogP contribution is -2.32. The molecule has 0 aromatic heterocycles. The van der Waals surface area contributed by atoms with Gasteiger partial charge in [-0.15, -0.1) is 0 Å². The molecule has 0 heterocycles. The van der Waals surface area contributed by atoms with E-state index in [-0.39, 0.29) is 30.5 Å². The largest absolute Gasteiger partial charge is 0.465 e. The Bertz CT molecular complexity index is 1710. The van der Waals surface area contributed by atoms with Gasteiger partial charge in [-0.3, -0.25) is 19.2 Å². The fourth-order valence-electron chi connectivity index (χ4n) is 15.7. The molecule has 650 valence electrons. The summed E-state index contributed by atoms with van der Waals surface area (Å²) in [5.41, 5.74) is 0. The van der Waals surface area contributed by atoms with Crippen LogP contribution in [0, 0.1) is 29.6 Å². The standard InChI is InChI=1S/C48H95NO5.C48H94O5.CH2O/c1-6-10-14-24-34-44(32-12-8-3)42-53-47(51)38-28-22-18-16-20-26-36-46(49(5)40-30-31-41-50)37-27-21-17-19-23-29-39-48(52)54-43-45(33-13-9-4)35-25-15-11-7-2;1-5-9-13-24-37-45(32-11-7-3)42-52-47(50)39-29-21-17-15-19-26-34-44(36-28-23-31-41-49)35-27-20-16-18-22-30-40-48(51)53-43-46(33-12-8-4)38-25-14-10-6-2;1-2/h44-46,50H,6-43H2,1-5H3;44-46,49H,5-43H2,1-4H3;1H2. The summed E-state index contributed by atoms with van der Waals surface area (Å²) in [6.07, 6.45) is 82.6. The summed E-state index contributed by atoms with van der Waals surface area (Å²) < 4.78 is 22.9. The van der Waals surface area contributed by atoms with Gasteiger partial charge in [-0.1, -0.05) is 370 Å².